The van der Waals surface area contributed by atoms with Crippen molar-refractivity contribution in [3.05, 3.63) is 74.1 Å². The largest absolute Gasteiger partial charge is 0.408 e. The summed E-state index contributed by atoms with van der Waals surface area (Å²) >= 11 is 3.74. The highest BCUT2D eigenvalue weighted by molar-refractivity contribution is 9.10. The molecule has 5 heteroatoms. The predicted molar refractivity (Wildman–Crippen MR) is 134 cm³/mol. The molecule has 1 aliphatic carbocycles. The summed E-state index contributed by atoms with van der Waals surface area (Å²) in [5.74, 6) is 0.672. The standard InChI is InChI=1S/C26H30BrNO2Si/c1-16-14-19-15-18(17-10-11-17)12-13-20(19)24(29)28(16)22-9-7-8-21(27)23(22)26(5,6)30-31-25(2,3)4/h7-9,12-15,17H,10-11H2,1-6H3. The van der Waals surface area contributed by atoms with E-state index in [1.165, 1.54) is 18.4 Å². The molecule has 0 unspecified atom stereocenters. The molecule has 0 aliphatic heterocycles. The van der Waals surface area contributed by atoms with Crippen LogP contribution in [0, 0.1) is 6.92 Å². The van der Waals surface area contributed by atoms with Gasteiger partial charge in [0.25, 0.3) is 5.56 Å². The molecule has 0 spiro atoms. The highest BCUT2D eigenvalue weighted by Crippen LogP contribution is 2.41. The molecule has 1 fully saturated rings. The van der Waals surface area contributed by atoms with Crippen LogP contribution in [0.25, 0.3) is 16.5 Å². The molecule has 31 heavy (non-hydrogen) atoms. The Labute approximate surface area is 195 Å². The monoisotopic (exact) mass is 495 g/mol. The van der Waals surface area contributed by atoms with Crippen molar-refractivity contribution in [2.75, 3.05) is 0 Å². The average Bonchev–Trinajstić information content (AvgIpc) is 3.51. The van der Waals surface area contributed by atoms with Crippen LogP contribution < -0.4 is 5.56 Å². The van der Waals surface area contributed by atoms with E-state index >= 15 is 0 Å². The molecule has 0 bridgehead atoms. The third-order valence-corrected chi connectivity index (χ3v) is 7.61. The van der Waals surface area contributed by atoms with E-state index in [-0.39, 0.29) is 10.6 Å². The Kier molecular flexibility index (Phi) is 5.82. The predicted octanol–water partition coefficient (Wildman–Crippen LogP) is 7.03. The average molecular weight is 497 g/mol. The number of pyridine rings is 1. The van der Waals surface area contributed by atoms with Crippen molar-refractivity contribution in [2.45, 2.75) is 70.9 Å². The summed E-state index contributed by atoms with van der Waals surface area (Å²) in [6.07, 6.45) is 2.51. The van der Waals surface area contributed by atoms with Crippen molar-refractivity contribution >= 4 is 36.5 Å². The van der Waals surface area contributed by atoms with Crippen LogP contribution in [-0.2, 0) is 10.0 Å². The molecule has 2 radical (unpaired) electrons. The summed E-state index contributed by atoms with van der Waals surface area (Å²) in [4.78, 5) is 13.7. The van der Waals surface area contributed by atoms with Gasteiger partial charge in [-0.3, -0.25) is 9.36 Å². The second kappa shape index (κ2) is 8.02. The van der Waals surface area contributed by atoms with Crippen LogP contribution in [-0.4, -0.2) is 14.3 Å². The Balaban J connectivity index is 1.87. The Morgan fingerprint density at radius 3 is 2.42 bits per heavy atom. The highest BCUT2D eigenvalue weighted by atomic mass is 79.9. The van der Waals surface area contributed by atoms with Crippen LogP contribution in [0.1, 0.15) is 70.2 Å². The van der Waals surface area contributed by atoms with Gasteiger partial charge in [-0.2, -0.15) is 0 Å². The van der Waals surface area contributed by atoms with Crippen LogP contribution in [0.4, 0.5) is 0 Å². The Bertz CT molecular complexity index is 1200. The lowest BCUT2D eigenvalue weighted by molar-refractivity contribution is 0.108. The molecule has 4 rings (SSSR count). The number of halogens is 1. The third kappa shape index (κ3) is 4.59. The van der Waals surface area contributed by atoms with Crippen molar-refractivity contribution in [3.63, 3.8) is 0 Å². The Morgan fingerprint density at radius 2 is 1.77 bits per heavy atom. The van der Waals surface area contributed by atoms with E-state index < -0.39 is 5.60 Å². The van der Waals surface area contributed by atoms with E-state index in [0.717, 1.165) is 32.2 Å². The van der Waals surface area contributed by atoms with Crippen molar-refractivity contribution in [3.8, 4) is 5.69 Å². The first-order chi connectivity index (χ1) is 14.5. The smallest absolute Gasteiger partial charge is 0.263 e. The quantitative estimate of drug-likeness (QED) is 0.355. The molecular formula is C26H30BrNO2Si. The second-order valence-corrected chi connectivity index (χ2v) is 12.9. The Morgan fingerprint density at radius 1 is 1.06 bits per heavy atom. The van der Waals surface area contributed by atoms with Gasteiger partial charge < -0.3 is 4.43 Å². The van der Waals surface area contributed by atoms with Crippen LogP contribution in [0.2, 0.25) is 5.04 Å². The van der Waals surface area contributed by atoms with Gasteiger partial charge in [0.1, 0.15) is 0 Å². The summed E-state index contributed by atoms with van der Waals surface area (Å²) in [7, 11) is 0.342. The van der Waals surface area contributed by atoms with E-state index in [9.17, 15) is 4.79 Å². The molecule has 1 saturated carbocycles. The van der Waals surface area contributed by atoms with Gasteiger partial charge in [-0.05, 0) is 79.8 Å². The lowest BCUT2D eigenvalue weighted by atomic mass is 9.95. The zero-order chi connectivity index (χ0) is 22.6. The molecule has 3 aromatic rings. The van der Waals surface area contributed by atoms with Crippen molar-refractivity contribution in [2.24, 2.45) is 0 Å². The van der Waals surface area contributed by atoms with Gasteiger partial charge >= 0.3 is 0 Å². The molecule has 1 aliphatic rings. The van der Waals surface area contributed by atoms with Gasteiger partial charge in [0, 0.05) is 21.1 Å². The second-order valence-electron chi connectivity index (χ2n) is 10.1. The molecule has 0 atom stereocenters. The summed E-state index contributed by atoms with van der Waals surface area (Å²) in [6, 6.07) is 14.5. The van der Waals surface area contributed by atoms with Crippen molar-refractivity contribution < 1.29 is 4.43 Å². The maximum Gasteiger partial charge on any atom is 0.263 e. The molecule has 0 saturated heterocycles. The van der Waals surface area contributed by atoms with E-state index in [4.69, 9.17) is 4.43 Å². The first kappa shape index (κ1) is 22.5. The highest BCUT2D eigenvalue weighted by Gasteiger charge is 2.31. The first-order valence-corrected chi connectivity index (χ1v) is 12.6. The minimum absolute atomic E-state index is 0.0192. The molecule has 0 amide bonds. The van der Waals surface area contributed by atoms with Gasteiger partial charge in [-0.15, -0.1) is 0 Å². The van der Waals surface area contributed by atoms with E-state index in [2.05, 4.69) is 68.7 Å². The number of hydrogen-bond donors (Lipinski definition) is 0. The zero-order valence-corrected chi connectivity index (χ0v) is 21.8. The molecule has 1 heterocycles. The first-order valence-electron chi connectivity index (χ1n) is 10.9. The molecule has 3 nitrogen and oxygen atoms in total. The summed E-state index contributed by atoms with van der Waals surface area (Å²) in [6.45, 7) is 12.7. The van der Waals surface area contributed by atoms with Crippen molar-refractivity contribution in [1.82, 2.24) is 4.57 Å². The van der Waals surface area contributed by atoms with Crippen LogP contribution >= 0.6 is 15.9 Å². The maximum atomic E-state index is 13.7. The van der Waals surface area contributed by atoms with Gasteiger partial charge in [0.2, 0.25) is 9.76 Å². The summed E-state index contributed by atoms with van der Waals surface area (Å²) in [5.41, 5.74) is 3.60. The topological polar surface area (TPSA) is 31.2 Å². The number of rotatable bonds is 5. The minimum atomic E-state index is -0.558. The van der Waals surface area contributed by atoms with Crippen LogP contribution in [0.5, 0.6) is 0 Å². The fourth-order valence-corrected chi connectivity index (χ4v) is 5.56. The molecule has 162 valence electrons. The van der Waals surface area contributed by atoms with E-state index in [1.54, 1.807) is 0 Å². The number of aryl methyl sites for hydroxylation is 1. The van der Waals surface area contributed by atoms with Crippen LogP contribution in [0.15, 0.2) is 51.7 Å². The van der Waals surface area contributed by atoms with Gasteiger partial charge in [0.15, 0.2) is 0 Å². The molecule has 1 aromatic heterocycles. The zero-order valence-electron chi connectivity index (χ0n) is 19.2. The van der Waals surface area contributed by atoms with E-state index in [1.807, 2.05) is 35.8 Å². The summed E-state index contributed by atoms with van der Waals surface area (Å²) < 4.78 is 9.21. The number of hydrogen-bond acceptors (Lipinski definition) is 2. The number of benzene rings is 2. The maximum absolute atomic E-state index is 13.7. The van der Waals surface area contributed by atoms with E-state index in [0.29, 0.717) is 15.7 Å². The minimum Gasteiger partial charge on any atom is -0.408 e. The lowest BCUT2D eigenvalue weighted by Crippen LogP contribution is -2.31. The van der Waals surface area contributed by atoms with Gasteiger partial charge in [0.05, 0.1) is 11.3 Å². The lowest BCUT2D eigenvalue weighted by Gasteiger charge is -2.32. The fraction of sp³-hybridized carbons (Fsp3) is 0.423. The SMILES string of the molecule is Cc1cc2cc(C3CC3)ccc2c(=O)n1-c1cccc(Br)c1C(C)(C)O[Si]C(C)(C)C. The normalized spacial score (nSPS) is 14.9. The van der Waals surface area contributed by atoms with Crippen molar-refractivity contribution in [1.29, 1.82) is 0 Å². The fourth-order valence-electron chi connectivity index (χ4n) is 4.06. The molecule has 2 aromatic carbocycles. The summed E-state index contributed by atoms with van der Waals surface area (Å²) in [5, 5.41) is 1.87. The van der Waals surface area contributed by atoms with Crippen LogP contribution in [0.3, 0.4) is 0 Å². The number of aromatic nitrogens is 1. The van der Waals surface area contributed by atoms with Gasteiger partial charge in [-0.25, -0.2) is 0 Å². The van der Waals surface area contributed by atoms with Gasteiger partial charge in [-0.1, -0.05) is 54.9 Å². The third-order valence-electron chi connectivity index (χ3n) is 5.72. The Hall–Kier alpha value is -1.69. The number of nitrogens with zero attached hydrogens (tertiary/aromatic N) is 1. The molecular weight excluding hydrogens is 466 g/mol. The molecule has 0 N–H and O–H groups in total. The number of fused-ring (bicyclic) bond motifs is 1.